The minimum atomic E-state index is -1.18. The zero-order chi connectivity index (χ0) is 26.2. The first-order valence-corrected chi connectivity index (χ1v) is 12.7. The van der Waals surface area contributed by atoms with Crippen LogP contribution in [0, 0.1) is 5.92 Å². The Morgan fingerprint density at radius 3 is 2.49 bits per heavy atom. The lowest BCUT2D eigenvalue weighted by molar-refractivity contribution is -0.142. The van der Waals surface area contributed by atoms with Gasteiger partial charge in [0.2, 0.25) is 5.91 Å². The van der Waals surface area contributed by atoms with Crippen LogP contribution in [0.1, 0.15) is 30.7 Å². The molecule has 2 fully saturated rings. The Kier molecular flexibility index (Phi) is 6.87. The molecular weight excluding hydrogens is 498 g/mol. The molecule has 2 aliphatic heterocycles. The summed E-state index contributed by atoms with van der Waals surface area (Å²) in [6.07, 6.45) is 1.47. The monoisotopic (exact) mass is 525 g/mol. The number of hydrogen-bond donors (Lipinski definition) is 2. The third kappa shape index (κ3) is 5.17. The van der Waals surface area contributed by atoms with Crippen LogP contribution in [0.4, 0.5) is 4.79 Å². The van der Waals surface area contributed by atoms with Crippen LogP contribution in [0.5, 0.6) is 0 Å². The fourth-order valence-electron chi connectivity index (χ4n) is 5.43. The Hall–Kier alpha value is -3.50. The highest BCUT2D eigenvalue weighted by Crippen LogP contribution is 2.35. The standard InChI is InChI=1S/C26H28ClN5O5/c27-21-7-6-20-22(29-21)24(34)32(16-28-20)15-26(37)9-12-30(13-10-26)23(33)18-8-11-31(25(35)36)14-19(18)17-4-2-1-3-5-17/h1-7,16,18-19,37H,8-15H2,(H,35,36)/t18-,19+/m1/s1. The molecule has 5 rings (SSSR count). The predicted molar refractivity (Wildman–Crippen MR) is 136 cm³/mol. The van der Waals surface area contributed by atoms with Gasteiger partial charge in [-0.1, -0.05) is 41.9 Å². The molecule has 0 bridgehead atoms. The van der Waals surface area contributed by atoms with E-state index >= 15 is 0 Å². The predicted octanol–water partition coefficient (Wildman–Crippen LogP) is 2.58. The molecule has 2 atom stereocenters. The van der Waals surface area contributed by atoms with Crippen LogP contribution >= 0.6 is 11.6 Å². The number of aromatic nitrogens is 3. The largest absolute Gasteiger partial charge is 0.465 e. The van der Waals surface area contributed by atoms with Gasteiger partial charge in [-0.25, -0.2) is 14.8 Å². The summed E-state index contributed by atoms with van der Waals surface area (Å²) >= 11 is 5.94. The van der Waals surface area contributed by atoms with Gasteiger partial charge in [0.1, 0.15) is 5.15 Å². The first-order chi connectivity index (χ1) is 17.7. The number of nitrogens with zero attached hydrogens (tertiary/aromatic N) is 5. The van der Waals surface area contributed by atoms with Crippen LogP contribution in [0.3, 0.4) is 0 Å². The molecule has 0 unspecified atom stereocenters. The lowest BCUT2D eigenvalue weighted by Crippen LogP contribution is -2.53. The molecule has 0 aliphatic carbocycles. The minimum Gasteiger partial charge on any atom is -0.465 e. The number of likely N-dealkylation sites (tertiary alicyclic amines) is 2. The summed E-state index contributed by atoms with van der Waals surface area (Å²) in [5, 5.41) is 21.0. The van der Waals surface area contributed by atoms with Gasteiger partial charge in [0.15, 0.2) is 5.52 Å². The second-order valence-electron chi connectivity index (χ2n) is 9.87. The second-order valence-corrected chi connectivity index (χ2v) is 10.3. The Morgan fingerprint density at radius 2 is 1.78 bits per heavy atom. The van der Waals surface area contributed by atoms with E-state index in [1.165, 1.54) is 15.8 Å². The molecule has 2 aliphatic rings. The summed E-state index contributed by atoms with van der Waals surface area (Å²) in [6, 6.07) is 12.7. The highest BCUT2D eigenvalue weighted by Gasteiger charge is 2.41. The van der Waals surface area contributed by atoms with Crippen LogP contribution in [0.25, 0.3) is 11.0 Å². The molecule has 3 aromatic rings. The van der Waals surface area contributed by atoms with E-state index in [9.17, 15) is 24.6 Å². The molecule has 2 saturated heterocycles. The molecule has 2 amide bonds. The molecule has 2 aromatic heterocycles. The maximum atomic E-state index is 13.6. The fourth-order valence-corrected chi connectivity index (χ4v) is 5.58. The van der Waals surface area contributed by atoms with Crippen LogP contribution in [0.2, 0.25) is 5.15 Å². The molecule has 2 N–H and O–H groups in total. The van der Waals surface area contributed by atoms with Gasteiger partial charge in [-0.2, -0.15) is 0 Å². The third-order valence-corrected chi connectivity index (χ3v) is 7.75. The normalized spacial score (nSPS) is 21.7. The van der Waals surface area contributed by atoms with Crippen molar-refractivity contribution in [2.45, 2.75) is 37.3 Å². The summed E-state index contributed by atoms with van der Waals surface area (Å²) < 4.78 is 1.34. The number of benzene rings is 1. The van der Waals surface area contributed by atoms with E-state index in [2.05, 4.69) is 9.97 Å². The molecule has 0 spiro atoms. The van der Waals surface area contributed by atoms with Crippen LogP contribution in [-0.2, 0) is 11.3 Å². The average molecular weight is 526 g/mol. The highest BCUT2D eigenvalue weighted by atomic mass is 35.5. The fraction of sp³-hybridized carbons (Fsp3) is 0.423. The summed E-state index contributed by atoms with van der Waals surface area (Å²) in [7, 11) is 0. The van der Waals surface area contributed by atoms with Gasteiger partial charge in [0.25, 0.3) is 5.56 Å². The van der Waals surface area contributed by atoms with Crippen molar-refractivity contribution >= 4 is 34.6 Å². The summed E-state index contributed by atoms with van der Waals surface area (Å²) in [5.74, 6) is -0.599. The van der Waals surface area contributed by atoms with E-state index < -0.39 is 11.7 Å². The first kappa shape index (κ1) is 25.2. The van der Waals surface area contributed by atoms with Crippen molar-refractivity contribution < 1.29 is 19.8 Å². The number of piperidine rings is 2. The van der Waals surface area contributed by atoms with Gasteiger partial charge in [0, 0.05) is 38.0 Å². The van der Waals surface area contributed by atoms with E-state index in [1.807, 2.05) is 30.3 Å². The number of pyridine rings is 1. The average Bonchev–Trinajstić information content (AvgIpc) is 2.91. The van der Waals surface area contributed by atoms with Crippen molar-refractivity contribution in [1.82, 2.24) is 24.3 Å². The number of carbonyl (C=O) groups excluding carboxylic acids is 1. The van der Waals surface area contributed by atoms with Gasteiger partial charge in [-0.05, 0) is 37.0 Å². The van der Waals surface area contributed by atoms with Crippen molar-refractivity contribution in [1.29, 1.82) is 0 Å². The number of rotatable bonds is 4. The highest BCUT2D eigenvalue weighted by molar-refractivity contribution is 6.29. The SMILES string of the molecule is O=C(O)N1CC[C@@H](C(=O)N2CCC(O)(Cn3cnc4ccc(Cl)nc4c3=O)CC2)[C@H](c2ccccc2)C1. The quantitative estimate of drug-likeness (QED) is 0.501. The van der Waals surface area contributed by atoms with Crippen LogP contribution < -0.4 is 5.56 Å². The van der Waals surface area contributed by atoms with Crippen molar-refractivity contribution in [3.05, 3.63) is 69.9 Å². The van der Waals surface area contributed by atoms with Crippen LogP contribution in [0.15, 0.2) is 53.6 Å². The van der Waals surface area contributed by atoms with Gasteiger partial charge in [-0.3, -0.25) is 14.2 Å². The van der Waals surface area contributed by atoms with Gasteiger partial charge < -0.3 is 20.0 Å². The zero-order valence-corrected chi connectivity index (χ0v) is 20.9. The Bertz CT molecular complexity index is 1370. The van der Waals surface area contributed by atoms with E-state index in [4.69, 9.17) is 11.6 Å². The van der Waals surface area contributed by atoms with Crippen LogP contribution in [-0.4, -0.2) is 78.3 Å². The lowest BCUT2D eigenvalue weighted by atomic mass is 9.79. The van der Waals surface area contributed by atoms with Gasteiger partial charge in [-0.15, -0.1) is 0 Å². The van der Waals surface area contributed by atoms with Crippen molar-refractivity contribution in [3.63, 3.8) is 0 Å². The number of carboxylic acid groups (broad SMARTS) is 1. The maximum Gasteiger partial charge on any atom is 0.407 e. The van der Waals surface area contributed by atoms with E-state index in [-0.39, 0.29) is 47.1 Å². The third-order valence-electron chi connectivity index (χ3n) is 7.54. The molecule has 1 aromatic carbocycles. The number of halogens is 1. The van der Waals surface area contributed by atoms with Crippen molar-refractivity contribution in [2.24, 2.45) is 5.92 Å². The second kappa shape index (κ2) is 10.1. The van der Waals surface area contributed by atoms with Crippen molar-refractivity contribution in [3.8, 4) is 0 Å². The number of hydrogen-bond acceptors (Lipinski definition) is 6. The molecule has 10 nitrogen and oxygen atoms in total. The number of carbonyl (C=O) groups is 2. The van der Waals surface area contributed by atoms with Crippen molar-refractivity contribution in [2.75, 3.05) is 26.2 Å². The number of amides is 2. The van der Waals surface area contributed by atoms with E-state index in [0.29, 0.717) is 44.4 Å². The molecule has 11 heteroatoms. The Morgan fingerprint density at radius 1 is 1.05 bits per heavy atom. The van der Waals surface area contributed by atoms with Gasteiger partial charge in [0.05, 0.1) is 24.0 Å². The first-order valence-electron chi connectivity index (χ1n) is 12.3. The molecule has 37 heavy (non-hydrogen) atoms. The molecule has 4 heterocycles. The van der Waals surface area contributed by atoms with E-state index in [1.54, 1.807) is 17.0 Å². The minimum absolute atomic E-state index is 0.0238. The summed E-state index contributed by atoms with van der Waals surface area (Å²) in [5.41, 5.74) is -0.0431. The molecule has 0 saturated carbocycles. The Balaban J connectivity index is 1.29. The topological polar surface area (TPSA) is 129 Å². The van der Waals surface area contributed by atoms with Gasteiger partial charge >= 0.3 is 6.09 Å². The number of fused-ring (bicyclic) bond motifs is 1. The number of aliphatic hydroxyl groups is 1. The lowest BCUT2D eigenvalue weighted by Gasteiger charge is -2.42. The molecule has 0 radical (unpaired) electrons. The summed E-state index contributed by atoms with van der Waals surface area (Å²) in [4.78, 5) is 49.6. The summed E-state index contributed by atoms with van der Waals surface area (Å²) in [6.45, 7) is 1.30. The molecule has 194 valence electrons. The maximum absolute atomic E-state index is 13.6. The zero-order valence-electron chi connectivity index (χ0n) is 20.2. The smallest absolute Gasteiger partial charge is 0.407 e. The molecular formula is C26H28ClN5O5. The van der Waals surface area contributed by atoms with E-state index in [0.717, 1.165) is 5.56 Å². The Labute approximate surface area is 218 Å².